The summed E-state index contributed by atoms with van der Waals surface area (Å²) in [5.74, 6) is -0.290. The number of halogens is 3. The van der Waals surface area contributed by atoms with Crippen LogP contribution in [0.2, 0.25) is 0 Å². The molecule has 0 unspecified atom stereocenters. The fourth-order valence-electron chi connectivity index (χ4n) is 3.12. The monoisotopic (exact) mass is 273 g/mol. The van der Waals surface area contributed by atoms with Gasteiger partial charge < -0.3 is 10.8 Å². The zero-order valence-corrected chi connectivity index (χ0v) is 10.6. The number of phenolic OH excluding ortho intramolecular Hbond substituents is 1. The highest BCUT2D eigenvalue weighted by atomic mass is 19.4. The average molecular weight is 273 g/mol. The van der Waals surface area contributed by atoms with E-state index in [-0.39, 0.29) is 17.9 Å². The number of benzene rings is 1. The summed E-state index contributed by atoms with van der Waals surface area (Å²) < 4.78 is 39.4. The van der Waals surface area contributed by atoms with E-state index in [1.807, 2.05) is 0 Å². The largest absolute Gasteiger partial charge is 0.508 e. The van der Waals surface area contributed by atoms with Crippen LogP contribution in [-0.4, -0.2) is 11.7 Å². The van der Waals surface area contributed by atoms with Crippen LogP contribution in [0.25, 0.3) is 0 Å². The fraction of sp³-hybridized carbons (Fsp3) is 0.571. The lowest BCUT2D eigenvalue weighted by atomic mass is 9.67. The van der Waals surface area contributed by atoms with Gasteiger partial charge in [0, 0.05) is 17.5 Å². The molecule has 1 aromatic rings. The first-order chi connectivity index (χ1) is 8.91. The molecule has 2 rings (SSSR count). The van der Waals surface area contributed by atoms with Gasteiger partial charge in [0.2, 0.25) is 0 Å². The smallest absolute Gasteiger partial charge is 0.416 e. The standard InChI is InChI=1S/C14H18F3NO/c15-14(16,17)10-5-4-6-11(19)12(10)13(9-18)7-2-1-3-8-13/h4-6,19H,1-3,7-9,18H2. The van der Waals surface area contributed by atoms with E-state index < -0.39 is 17.2 Å². The highest BCUT2D eigenvalue weighted by molar-refractivity contribution is 5.47. The van der Waals surface area contributed by atoms with Crippen LogP contribution in [0.4, 0.5) is 13.2 Å². The van der Waals surface area contributed by atoms with Gasteiger partial charge in [-0.15, -0.1) is 0 Å². The molecule has 0 heterocycles. The number of alkyl halides is 3. The van der Waals surface area contributed by atoms with Gasteiger partial charge in [0.1, 0.15) is 5.75 Å². The van der Waals surface area contributed by atoms with Crippen molar-refractivity contribution < 1.29 is 18.3 Å². The molecule has 0 saturated heterocycles. The molecule has 0 amide bonds. The van der Waals surface area contributed by atoms with Gasteiger partial charge in [-0.05, 0) is 25.0 Å². The molecule has 3 N–H and O–H groups in total. The maximum absolute atomic E-state index is 13.1. The van der Waals surface area contributed by atoms with Crippen LogP contribution in [0.3, 0.4) is 0 Å². The molecule has 0 atom stereocenters. The summed E-state index contributed by atoms with van der Waals surface area (Å²) in [6, 6.07) is 3.58. The summed E-state index contributed by atoms with van der Waals surface area (Å²) in [6.07, 6.45) is -0.551. The van der Waals surface area contributed by atoms with E-state index in [0.717, 1.165) is 25.3 Å². The van der Waals surface area contributed by atoms with Crippen molar-refractivity contribution in [2.75, 3.05) is 6.54 Å². The Morgan fingerprint density at radius 1 is 1.16 bits per heavy atom. The van der Waals surface area contributed by atoms with Crippen LogP contribution in [0.1, 0.15) is 43.2 Å². The molecule has 0 radical (unpaired) electrons. The van der Waals surface area contributed by atoms with E-state index in [1.54, 1.807) is 0 Å². The third kappa shape index (κ3) is 2.56. The third-order valence-electron chi connectivity index (χ3n) is 4.08. The minimum absolute atomic E-state index is 0.00954. The number of hydrogen-bond donors (Lipinski definition) is 2. The molecule has 0 spiro atoms. The van der Waals surface area contributed by atoms with Crippen LogP contribution in [-0.2, 0) is 11.6 Å². The second-order valence-electron chi connectivity index (χ2n) is 5.24. The maximum atomic E-state index is 13.1. The van der Waals surface area contributed by atoms with Gasteiger partial charge in [-0.3, -0.25) is 0 Å². The molecule has 2 nitrogen and oxygen atoms in total. The van der Waals surface area contributed by atoms with Gasteiger partial charge in [-0.25, -0.2) is 0 Å². The van der Waals surface area contributed by atoms with Gasteiger partial charge >= 0.3 is 6.18 Å². The van der Waals surface area contributed by atoms with Crippen molar-refractivity contribution >= 4 is 0 Å². The Bertz CT molecular complexity index is 450. The molecule has 1 fully saturated rings. The topological polar surface area (TPSA) is 46.2 Å². The Labute approximate surface area is 110 Å². The van der Waals surface area contributed by atoms with E-state index in [9.17, 15) is 18.3 Å². The summed E-state index contributed by atoms with van der Waals surface area (Å²) in [6.45, 7) is 0.133. The number of rotatable bonds is 2. The van der Waals surface area contributed by atoms with Gasteiger partial charge in [-0.2, -0.15) is 13.2 Å². The molecule has 19 heavy (non-hydrogen) atoms. The first kappa shape index (κ1) is 14.2. The van der Waals surface area contributed by atoms with Crippen molar-refractivity contribution in [1.29, 1.82) is 0 Å². The molecule has 1 saturated carbocycles. The Morgan fingerprint density at radius 2 is 1.79 bits per heavy atom. The number of nitrogens with two attached hydrogens (primary N) is 1. The molecule has 5 heteroatoms. The number of hydrogen-bond acceptors (Lipinski definition) is 2. The van der Waals surface area contributed by atoms with Gasteiger partial charge in [0.25, 0.3) is 0 Å². The summed E-state index contributed by atoms with van der Waals surface area (Å²) >= 11 is 0. The Kier molecular flexibility index (Phi) is 3.76. The zero-order valence-electron chi connectivity index (χ0n) is 10.6. The summed E-state index contributed by atoms with van der Waals surface area (Å²) in [7, 11) is 0. The molecule has 0 bridgehead atoms. The molecule has 0 aromatic heterocycles. The van der Waals surface area contributed by atoms with Crippen molar-refractivity contribution in [3.05, 3.63) is 29.3 Å². The molecule has 1 aliphatic rings. The first-order valence-corrected chi connectivity index (χ1v) is 6.50. The summed E-state index contributed by atoms with van der Waals surface area (Å²) in [5.41, 5.74) is 4.27. The van der Waals surface area contributed by atoms with Crippen LogP contribution in [0.5, 0.6) is 5.75 Å². The minimum Gasteiger partial charge on any atom is -0.508 e. The molecule has 0 aliphatic heterocycles. The quantitative estimate of drug-likeness (QED) is 0.865. The van der Waals surface area contributed by atoms with Crippen molar-refractivity contribution in [2.45, 2.75) is 43.7 Å². The van der Waals surface area contributed by atoms with E-state index >= 15 is 0 Å². The van der Waals surface area contributed by atoms with Crippen molar-refractivity contribution in [1.82, 2.24) is 0 Å². The number of aromatic hydroxyl groups is 1. The van der Waals surface area contributed by atoms with Crippen molar-refractivity contribution in [2.24, 2.45) is 5.73 Å². The normalized spacial score (nSPS) is 19.4. The van der Waals surface area contributed by atoms with Crippen LogP contribution in [0, 0.1) is 0 Å². The SMILES string of the molecule is NCC1(c2c(O)cccc2C(F)(F)F)CCCCC1. The molecule has 106 valence electrons. The van der Waals surface area contributed by atoms with Gasteiger partial charge in [0.15, 0.2) is 0 Å². The van der Waals surface area contributed by atoms with Gasteiger partial charge in [-0.1, -0.05) is 25.3 Å². The minimum atomic E-state index is -4.46. The summed E-state index contributed by atoms with van der Waals surface area (Å²) in [4.78, 5) is 0. The second-order valence-corrected chi connectivity index (χ2v) is 5.24. The van der Waals surface area contributed by atoms with E-state index in [1.165, 1.54) is 12.1 Å². The Hall–Kier alpha value is -1.23. The lowest BCUT2D eigenvalue weighted by Gasteiger charge is -2.38. The number of phenols is 1. The highest BCUT2D eigenvalue weighted by Gasteiger charge is 2.43. The maximum Gasteiger partial charge on any atom is 0.416 e. The summed E-state index contributed by atoms with van der Waals surface area (Å²) in [5, 5.41) is 9.95. The highest BCUT2D eigenvalue weighted by Crippen LogP contribution is 2.47. The van der Waals surface area contributed by atoms with Crippen molar-refractivity contribution in [3.63, 3.8) is 0 Å². The third-order valence-corrected chi connectivity index (χ3v) is 4.08. The van der Waals surface area contributed by atoms with Crippen molar-refractivity contribution in [3.8, 4) is 5.75 Å². The Balaban J connectivity index is 2.59. The predicted molar refractivity (Wildman–Crippen MR) is 66.9 cm³/mol. The molecular weight excluding hydrogens is 255 g/mol. The lowest BCUT2D eigenvalue weighted by Crippen LogP contribution is -2.39. The van der Waals surface area contributed by atoms with Crippen LogP contribution in [0.15, 0.2) is 18.2 Å². The molecule has 1 aromatic carbocycles. The second kappa shape index (κ2) is 5.04. The lowest BCUT2D eigenvalue weighted by molar-refractivity contribution is -0.139. The van der Waals surface area contributed by atoms with E-state index in [0.29, 0.717) is 12.8 Å². The molecular formula is C14H18F3NO. The predicted octanol–water partition coefficient (Wildman–Crippen LogP) is 3.57. The van der Waals surface area contributed by atoms with Gasteiger partial charge in [0.05, 0.1) is 5.56 Å². The van der Waals surface area contributed by atoms with E-state index in [2.05, 4.69) is 0 Å². The fourth-order valence-corrected chi connectivity index (χ4v) is 3.12. The van der Waals surface area contributed by atoms with Crippen LogP contribution >= 0.6 is 0 Å². The Morgan fingerprint density at radius 3 is 2.32 bits per heavy atom. The average Bonchev–Trinajstić information content (AvgIpc) is 2.38. The van der Waals surface area contributed by atoms with Crippen LogP contribution < -0.4 is 5.73 Å². The zero-order chi connectivity index (χ0) is 14.1. The van der Waals surface area contributed by atoms with E-state index in [4.69, 9.17) is 5.73 Å². The first-order valence-electron chi connectivity index (χ1n) is 6.50. The molecule has 1 aliphatic carbocycles.